The van der Waals surface area contributed by atoms with Crippen LogP contribution >= 0.6 is 11.6 Å². The first-order valence-electron chi connectivity index (χ1n) is 2.19. The van der Waals surface area contributed by atoms with Crippen LogP contribution in [-0.4, -0.2) is 5.17 Å². The van der Waals surface area contributed by atoms with Gasteiger partial charge in [0, 0.05) is 0 Å². The van der Waals surface area contributed by atoms with Crippen molar-refractivity contribution in [1.82, 2.24) is 0 Å². The van der Waals surface area contributed by atoms with Gasteiger partial charge in [0.05, 0.1) is 5.70 Å². The summed E-state index contributed by atoms with van der Waals surface area (Å²) in [4.78, 5) is 3.77. The summed E-state index contributed by atoms with van der Waals surface area (Å²) in [6.45, 7) is 8.66. The highest BCUT2D eigenvalue weighted by molar-refractivity contribution is 6.64. The summed E-state index contributed by atoms with van der Waals surface area (Å²) >= 11 is 5.39. The van der Waals surface area contributed by atoms with Crippen molar-refractivity contribution in [2.24, 2.45) is 4.99 Å². The van der Waals surface area contributed by atoms with Crippen molar-refractivity contribution in [3.05, 3.63) is 24.9 Å². The summed E-state index contributed by atoms with van der Waals surface area (Å²) in [6, 6.07) is 0. The normalized spacial score (nSPS) is 11.0. The minimum Gasteiger partial charge on any atom is -0.242 e. The average molecular weight is 130 g/mol. The maximum absolute atomic E-state index is 5.39. The Morgan fingerprint density at radius 1 is 1.75 bits per heavy atom. The van der Waals surface area contributed by atoms with E-state index in [0.717, 1.165) is 0 Å². The average Bonchev–Trinajstić information content (AvgIpc) is 1.65. The van der Waals surface area contributed by atoms with Crippen LogP contribution in [0.25, 0.3) is 0 Å². The predicted octanol–water partition coefficient (Wildman–Crippen LogP) is 2.34. The predicted molar refractivity (Wildman–Crippen MR) is 38.3 cm³/mol. The Kier molecular flexibility index (Phi) is 3.20. The zero-order chi connectivity index (χ0) is 6.57. The lowest BCUT2D eigenvalue weighted by molar-refractivity contribution is 1.44. The molecule has 2 heteroatoms. The van der Waals surface area contributed by atoms with Crippen LogP contribution in [0.4, 0.5) is 0 Å². The summed E-state index contributed by atoms with van der Waals surface area (Å²) in [5.74, 6) is 0. The molecule has 0 fully saturated rings. The smallest absolute Gasteiger partial charge is 0.103 e. The number of hydrogen-bond donors (Lipinski definition) is 0. The van der Waals surface area contributed by atoms with Gasteiger partial charge in [-0.25, -0.2) is 4.99 Å². The van der Waals surface area contributed by atoms with E-state index < -0.39 is 0 Å². The van der Waals surface area contributed by atoms with E-state index in [1.807, 2.05) is 0 Å². The summed E-state index contributed by atoms with van der Waals surface area (Å²) in [5.41, 5.74) is 0.595. The molecule has 0 amide bonds. The first-order valence-corrected chi connectivity index (χ1v) is 2.56. The molecular formula is C6H8ClN. The number of aliphatic imine (C=N–C) groups is 1. The number of halogens is 1. The summed E-state index contributed by atoms with van der Waals surface area (Å²) in [6.07, 6.45) is 1.55. The molecule has 0 saturated heterocycles. The second-order valence-corrected chi connectivity index (χ2v) is 1.85. The SMILES string of the molecule is C=CC(=C)/N=C(\C)Cl. The van der Waals surface area contributed by atoms with Crippen molar-refractivity contribution in [1.29, 1.82) is 0 Å². The van der Waals surface area contributed by atoms with Crippen LogP contribution in [0.15, 0.2) is 29.9 Å². The van der Waals surface area contributed by atoms with E-state index >= 15 is 0 Å². The minimum absolute atomic E-state index is 0.481. The highest BCUT2D eigenvalue weighted by Gasteiger charge is 1.80. The van der Waals surface area contributed by atoms with Gasteiger partial charge in [0.2, 0.25) is 0 Å². The van der Waals surface area contributed by atoms with E-state index in [0.29, 0.717) is 10.9 Å². The van der Waals surface area contributed by atoms with E-state index in [2.05, 4.69) is 18.2 Å². The fourth-order valence-corrected chi connectivity index (χ4v) is 0.352. The second-order valence-electron chi connectivity index (χ2n) is 1.30. The van der Waals surface area contributed by atoms with E-state index in [9.17, 15) is 0 Å². The molecule has 0 spiro atoms. The van der Waals surface area contributed by atoms with Gasteiger partial charge in [-0.1, -0.05) is 24.8 Å². The molecule has 0 atom stereocenters. The van der Waals surface area contributed by atoms with E-state index in [1.165, 1.54) is 0 Å². The quantitative estimate of drug-likeness (QED) is 0.401. The van der Waals surface area contributed by atoms with Gasteiger partial charge in [-0.2, -0.15) is 0 Å². The second kappa shape index (κ2) is 3.44. The van der Waals surface area contributed by atoms with Crippen molar-refractivity contribution in [3.63, 3.8) is 0 Å². The molecule has 0 aliphatic rings. The van der Waals surface area contributed by atoms with Crippen molar-refractivity contribution in [2.75, 3.05) is 0 Å². The molecule has 0 aliphatic carbocycles. The molecule has 0 aliphatic heterocycles. The van der Waals surface area contributed by atoms with Crippen LogP contribution in [0.5, 0.6) is 0 Å². The molecule has 0 heterocycles. The molecule has 44 valence electrons. The van der Waals surface area contributed by atoms with Crippen molar-refractivity contribution < 1.29 is 0 Å². The zero-order valence-corrected chi connectivity index (χ0v) is 5.57. The van der Waals surface area contributed by atoms with Crippen LogP contribution in [0.3, 0.4) is 0 Å². The van der Waals surface area contributed by atoms with Crippen LogP contribution in [0.1, 0.15) is 6.92 Å². The van der Waals surface area contributed by atoms with Crippen LogP contribution in [0, 0.1) is 0 Å². The van der Waals surface area contributed by atoms with Crippen molar-refractivity contribution in [2.45, 2.75) is 6.92 Å². The Bertz CT molecular complexity index is 131. The highest BCUT2D eigenvalue weighted by Crippen LogP contribution is 1.95. The van der Waals surface area contributed by atoms with Gasteiger partial charge in [-0.15, -0.1) is 0 Å². The standard InChI is InChI=1S/C6H8ClN/c1-4-5(2)8-6(3)7/h4H,1-2H2,3H3/b8-6+. The van der Waals surface area contributed by atoms with Gasteiger partial charge in [0.15, 0.2) is 0 Å². The lowest BCUT2D eigenvalue weighted by Crippen LogP contribution is -1.74. The Morgan fingerprint density at radius 3 is 2.38 bits per heavy atom. The number of nitrogens with zero attached hydrogens (tertiary/aromatic N) is 1. The van der Waals surface area contributed by atoms with Gasteiger partial charge >= 0.3 is 0 Å². The molecule has 0 rings (SSSR count). The molecule has 0 aromatic heterocycles. The molecule has 0 radical (unpaired) electrons. The van der Waals surface area contributed by atoms with Gasteiger partial charge in [0.1, 0.15) is 5.17 Å². The topological polar surface area (TPSA) is 12.4 Å². The monoisotopic (exact) mass is 129 g/mol. The third kappa shape index (κ3) is 3.62. The van der Waals surface area contributed by atoms with E-state index in [1.54, 1.807) is 13.0 Å². The first-order chi connectivity index (χ1) is 3.66. The maximum atomic E-state index is 5.39. The summed E-state index contributed by atoms with van der Waals surface area (Å²) in [5, 5.41) is 0.481. The number of rotatable bonds is 2. The minimum atomic E-state index is 0.481. The molecule has 1 nitrogen and oxygen atoms in total. The number of allylic oxidation sites excluding steroid dienone is 1. The summed E-state index contributed by atoms with van der Waals surface area (Å²) in [7, 11) is 0. The fraction of sp³-hybridized carbons (Fsp3) is 0.167. The Morgan fingerprint density at radius 2 is 2.25 bits per heavy atom. The molecule has 0 aromatic carbocycles. The van der Waals surface area contributed by atoms with Gasteiger partial charge < -0.3 is 0 Å². The lowest BCUT2D eigenvalue weighted by atomic mass is 10.5. The third-order valence-corrected chi connectivity index (χ3v) is 0.618. The first kappa shape index (κ1) is 7.44. The summed E-state index contributed by atoms with van der Waals surface area (Å²) < 4.78 is 0. The molecular weight excluding hydrogens is 122 g/mol. The van der Waals surface area contributed by atoms with Crippen molar-refractivity contribution >= 4 is 16.8 Å². The van der Waals surface area contributed by atoms with E-state index in [-0.39, 0.29) is 0 Å². The van der Waals surface area contributed by atoms with Gasteiger partial charge in [-0.3, -0.25) is 0 Å². The molecule has 0 N–H and O–H groups in total. The lowest BCUT2D eigenvalue weighted by Gasteiger charge is -1.85. The largest absolute Gasteiger partial charge is 0.242 e. The maximum Gasteiger partial charge on any atom is 0.103 e. The van der Waals surface area contributed by atoms with Crippen LogP contribution in [0.2, 0.25) is 0 Å². The van der Waals surface area contributed by atoms with Crippen LogP contribution < -0.4 is 0 Å². The Balaban J connectivity index is 3.89. The van der Waals surface area contributed by atoms with Crippen LogP contribution in [-0.2, 0) is 0 Å². The van der Waals surface area contributed by atoms with Crippen molar-refractivity contribution in [3.8, 4) is 0 Å². The Labute approximate surface area is 54.4 Å². The number of hydrogen-bond acceptors (Lipinski definition) is 1. The van der Waals surface area contributed by atoms with Gasteiger partial charge in [-0.05, 0) is 13.0 Å². The molecule has 0 aromatic rings. The molecule has 8 heavy (non-hydrogen) atoms. The van der Waals surface area contributed by atoms with Gasteiger partial charge in [0.25, 0.3) is 0 Å². The van der Waals surface area contributed by atoms with E-state index in [4.69, 9.17) is 11.6 Å². The Hall–Kier alpha value is -0.560. The fourth-order valence-electron chi connectivity index (χ4n) is 0.244. The molecule has 0 unspecified atom stereocenters. The highest BCUT2D eigenvalue weighted by atomic mass is 35.5. The third-order valence-electron chi connectivity index (χ3n) is 0.533. The molecule has 0 saturated carbocycles. The molecule has 0 bridgehead atoms. The zero-order valence-electron chi connectivity index (χ0n) is 4.82.